The van der Waals surface area contributed by atoms with Gasteiger partial charge in [0.15, 0.2) is 11.5 Å². The van der Waals surface area contributed by atoms with E-state index in [1.807, 2.05) is 41.3 Å². The molecule has 2 aliphatic rings. The number of halogens is 1. The molecular formula is C23H25ClN2O4. The molecule has 1 fully saturated rings. The minimum absolute atomic E-state index is 0.0433. The first-order chi connectivity index (χ1) is 14.6. The van der Waals surface area contributed by atoms with Crippen LogP contribution in [0.1, 0.15) is 24.0 Å². The first-order valence-corrected chi connectivity index (χ1v) is 10.7. The van der Waals surface area contributed by atoms with Gasteiger partial charge in [-0.3, -0.25) is 9.59 Å². The standard InChI is InChI=1S/C23H25ClN2O4/c24-19-11-17(12-20-22(19)30-10-9-29-20)14-25-23(28)18-7-4-8-26(15-18)21(27)13-16-5-2-1-3-6-16/h1-3,5-6,11-12,18H,4,7-10,13-15H2,(H,25,28). The highest BCUT2D eigenvalue weighted by atomic mass is 35.5. The van der Waals surface area contributed by atoms with Crippen LogP contribution in [0.4, 0.5) is 0 Å². The lowest BCUT2D eigenvalue weighted by atomic mass is 9.96. The summed E-state index contributed by atoms with van der Waals surface area (Å²) in [7, 11) is 0. The van der Waals surface area contributed by atoms with Crippen molar-refractivity contribution in [3.63, 3.8) is 0 Å². The van der Waals surface area contributed by atoms with Gasteiger partial charge in [0.25, 0.3) is 0 Å². The molecule has 0 radical (unpaired) electrons. The van der Waals surface area contributed by atoms with Crippen LogP contribution in [0.3, 0.4) is 0 Å². The topological polar surface area (TPSA) is 67.9 Å². The highest BCUT2D eigenvalue weighted by molar-refractivity contribution is 6.32. The number of rotatable bonds is 5. The Kier molecular flexibility index (Phi) is 6.43. The van der Waals surface area contributed by atoms with Crippen molar-refractivity contribution in [3.8, 4) is 11.5 Å². The Balaban J connectivity index is 1.32. The maximum absolute atomic E-state index is 12.7. The zero-order valence-corrected chi connectivity index (χ0v) is 17.5. The number of hydrogen-bond acceptors (Lipinski definition) is 4. The van der Waals surface area contributed by atoms with E-state index in [4.69, 9.17) is 21.1 Å². The molecule has 1 N–H and O–H groups in total. The predicted molar refractivity (Wildman–Crippen MR) is 114 cm³/mol. The maximum Gasteiger partial charge on any atom is 0.227 e. The number of likely N-dealkylation sites (tertiary alicyclic amines) is 1. The molecule has 2 aromatic carbocycles. The van der Waals surface area contributed by atoms with Crippen LogP contribution >= 0.6 is 11.6 Å². The third-order valence-corrected chi connectivity index (χ3v) is 5.75. The highest BCUT2D eigenvalue weighted by Crippen LogP contribution is 2.38. The van der Waals surface area contributed by atoms with Gasteiger partial charge in [-0.2, -0.15) is 0 Å². The summed E-state index contributed by atoms with van der Waals surface area (Å²) in [5, 5.41) is 3.46. The third-order valence-electron chi connectivity index (χ3n) is 5.47. The second kappa shape index (κ2) is 9.39. The lowest BCUT2D eigenvalue weighted by molar-refractivity contribution is -0.135. The summed E-state index contributed by atoms with van der Waals surface area (Å²) >= 11 is 6.27. The van der Waals surface area contributed by atoms with Gasteiger partial charge in [0.2, 0.25) is 11.8 Å². The smallest absolute Gasteiger partial charge is 0.227 e. The molecule has 6 nitrogen and oxygen atoms in total. The number of piperidine rings is 1. The molecular weight excluding hydrogens is 404 g/mol. The van der Waals surface area contributed by atoms with Crippen molar-refractivity contribution in [3.05, 3.63) is 58.6 Å². The van der Waals surface area contributed by atoms with Crippen molar-refractivity contribution in [1.29, 1.82) is 0 Å². The van der Waals surface area contributed by atoms with E-state index in [2.05, 4.69) is 5.32 Å². The lowest BCUT2D eigenvalue weighted by Gasteiger charge is -2.32. The molecule has 1 atom stereocenters. The molecule has 2 aromatic rings. The van der Waals surface area contributed by atoms with Crippen LogP contribution in [-0.4, -0.2) is 43.0 Å². The zero-order chi connectivity index (χ0) is 20.9. The van der Waals surface area contributed by atoms with Gasteiger partial charge in [-0.1, -0.05) is 41.9 Å². The summed E-state index contributed by atoms with van der Waals surface area (Å²) in [5.74, 6) is 0.980. The van der Waals surface area contributed by atoms with Crippen LogP contribution in [0.15, 0.2) is 42.5 Å². The monoisotopic (exact) mass is 428 g/mol. The Morgan fingerprint density at radius 2 is 1.90 bits per heavy atom. The van der Waals surface area contributed by atoms with Gasteiger partial charge in [-0.05, 0) is 36.1 Å². The number of amides is 2. The van der Waals surface area contributed by atoms with E-state index >= 15 is 0 Å². The number of benzene rings is 2. The quantitative estimate of drug-likeness (QED) is 0.794. The fourth-order valence-corrected chi connectivity index (χ4v) is 4.19. The van der Waals surface area contributed by atoms with Crippen LogP contribution in [0.5, 0.6) is 11.5 Å². The number of ether oxygens (including phenoxy) is 2. The minimum Gasteiger partial charge on any atom is -0.486 e. The molecule has 2 amide bonds. The molecule has 0 aromatic heterocycles. The fourth-order valence-electron chi connectivity index (χ4n) is 3.90. The van der Waals surface area contributed by atoms with Gasteiger partial charge in [0, 0.05) is 19.6 Å². The molecule has 30 heavy (non-hydrogen) atoms. The summed E-state index contributed by atoms with van der Waals surface area (Å²) < 4.78 is 11.1. The molecule has 1 saturated heterocycles. The van der Waals surface area contributed by atoms with E-state index in [1.165, 1.54) is 0 Å². The van der Waals surface area contributed by atoms with E-state index in [9.17, 15) is 9.59 Å². The Morgan fingerprint density at radius 3 is 2.73 bits per heavy atom. The third kappa shape index (κ3) is 4.87. The Labute approximate surface area is 181 Å². The molecule has 0 aliphatic carbocycles. The molecule has 2 aliphatic heterocycles. The van der Waals surface area contributed by atoms with Gasteiger partial charge >= 0.3 is 0 Å². The van der Waals surface area contributed by atoms with Gasteiger partial charge < -0.3 is 19.7 Å². The van der Waals surface area contributed by atoms with Gasteiger partial charge in [-0.25, -0.2) is 0 Å². The van der Waals surface area contributed by atoms with Gasteiger partial charge in [0.05, 0.1) is 17.4 Å². The van der Waals surface area contributed by atoms with E-state index in [-0.39, 0.29) is 17.7 Å². The lowest BCUT2D eigenvalue weighted by Crippen LogP contribution is -2.45. The molecule has 2 heterocycles. The Morgan fingerprint density at radius 1 is 1.10 bits per heavy atom. The molecule has 0 spiro atoms. The number of carbonyl (C=O) groups excluding carboxylic acids is 2. The fraction of sp³-hybridized carbons (Fsp3) is 0.391. The predicted octanol–water partition coefficient (Wildman–Crippen LogP) is 3.21. The molecule has 0 bridgehead atoms. The van der Waals surface area contributed by atoms with Crippen molar-refractivity contribution in [2.45, 2.75) is 25.8 Å². The van der Waals surface area contributed by atoms with Crippen molar-refractivity contribution >= 4 is 23.4 Å². The zero-order valence-electron chi connectivity index (χ0n) is 16.7. The second-order valence-electron chi connectivity index (χ2n) is 7.66. The second-order valence-corrected chi connectivity index (χ2v) is 8.07. The van der Waals surface area contributed by atoms with Crippen LogP contribution in [0, 0.1) is 5.92 Å². The Bertz CT molecular complexity index is 919. The molecule has 0 saturated carbocycles. The number of nitrogens with zero attached hydrogens (tertiary/aromatic N) is 1. The maximum atomic E-state index is 12.7. The van der Waals surface area contributed by atoms with Crippen LogP contribution < -0.4 is 14.8 Å². The van der Waals surface area contributed by atoms with E-state index in [0.29, 0.717) is 55.8 Å². The largest absolute Gasteiger partial charge is 0.486 e. The van der Waals surface area contributed by atoms with Crippen LogP contribution in [-0.2, 0) is 22.6 Å². The highest BCUT2D eigenvalue weighted by Gasteiger charge is 2.28. The molecule has 1 unspecified atom stereocenters. The van der Waals surface area contributed by atoms with Gasteiger partial charge in [-0.15, -0.1) is 0 Å². The van der Waals surface area contributed by atoms with E-state index < -0.39 is 0 Å². The average molecular weight is 429 g/mol. The van der Waals surface area contributed by atoms with E-state index in [0.717, 1.165) is 24.0 Å². The van der Waals surface area contributed by atoms with Crippen molar-refractivity contribution in [2.75, 3.05) is 26.3 Å². The summed E-state index contributed by atoms with van der Waals surface area (Å²) in [6.45, 7) is 2.47. The minimum atomic E-state index is -0.203. The first kappa shape index (κ1) is 20.5. The SMILES string of the molecule is O=C(NCc1cc(Cl)c2c(c1)OCCO2)C1CCCN(C(=O)Cc2ccccc2)C1. The van der Waals surface area contributed by atoms with Crippen LogP contribution in [0.25, 0.3) is 0 Å². The first-order valence-electron chi connectivity index (χ1n) is 10.3. The summed E-state index contributed by atoms with van der Waals surface area (Å²) in [4.78, 5) is 27.2. The van der Waals surface area contributed by atoms with Crippen molar-refractivity contribution in [1.82, 2.24) is 10.2 Å². The van der Waals surface area contributed by atoms with Crippen molar-refractivity contribution < 1.29 is 19.1 Å². The van der Waals surface area contributed by atoms with Crippen molar-refractivity contribution in [2.24, 2.45) is 5.92 Å². The number of hydrogen-bond donors (Lipinski definition) is 1. The van der Waals surface area contributed by atoms with Gasteiger partial charge in [0.1, 0.15) is 13.2 Å². The number of fused-ring (bicyclic) bond motifs is 1. The molecule has 4 rings (SSSR count). The summed E-state index contributed by atoms with van der Waals surface area (Å²) in [5.41, 5.74) is 1.84. The normalized spacial score (nSPS) is 18.0. The summed E-state index contributed by atoms with van der Waals surface area (Å²) in [6, 6.07) is 13.3. The Hall–Kier alpha value is -2.73. The van der Waals surface area contributed by atoms with E-state index in [1.54, 1.807) is 6.07 Å². The molecule has 7 heteroatoms. The van der Waals surface area contributed by atoms with Crippen LogP contribution in [0.2, 0.25) is 5.02 Å². The number of nitrogens with one attached hydrogen (secondary N) is 1. The average Bonchev–Trinajstić information content (AvgIpc) is 2.78. The number of carbonyl (C=O) groups is 2. The molecule has 158 valence electrons. The summed E-state index contributed by atoms with van der Waals surface area (Å²) in [6.07, 6.45) is 1.97.